The molecule has 1 aromatic carbocycles. The second-order valence-corrected chi connectivity index (χ2v) is 13.7. The van der Waals surface area contributed by atoms with Gasteiger partial charge in [-0.05, 0) is 25.0 Å². The minimum atomic E-state index is -0.420. The molecule has 0 aromatic heterocycles. The molecule has 10 heteroatoms. The third kappa shape index (κ3) is 33.1. The Balaban J connectivity index is 2.32. The van der Waals surface area contributed by atoms with Crippen LogP contribution in [-0.2, 0) is 28.4 Å². The van der Waals surface area contributed by atoms with Crippen LogP contribution in [0.3, 0.4) is 0 Å². The Morgan fingerprint density at radius 3 is 1.09 bits per heavy atom. The van der Waals surface area contributed by atoms with Crippen LogP contribution >= 0.6 is 0 Å². The normalized spacial score (nSPS) is 11.3. The lowest BCUT2D eigenvalue weighted by Crippen LogP contribution is -2.15. The largest absolute Gasteiger partial charge is 0.493 e. The highest BCUT2D eigenvalue weighted by atomic mass is 16.6. The van der Waals surface area contributed by atoms with Gasteiger partial charge < -0.3 is 43.0 Å². The first-order chi connectivity index (χ1) is 26.2. The molecule has 0 atom stereocenters. The zero-order valence-corrected chi connectivity index (χ0v) is 33.9. The average Bonchev–Trinajstić information content (AvgIpc) is 3.17. The Labute approximate surface area is 323 Å². The summed E-state index contributed by atoms with van der Waals surface area (Å²) in [5.41, 5.74) is 0.424. The maximum atomic E-state index is 13.0. The van der Waals surface area contributed by atoms with Gasteiger partial charge in [0.2, 0.25) is 0 Å². The van der Waals surface area contributed by atoms with E-state index in [9.17, 15) is 4.79 Å². The standard InChI is InChI=1S/C43H78O10/c1-3-5-7-9-11-13-15-17-19-21-24-51-41-37-40(38-42(39-41)52-25-22-20-18-16-14-12-10-8-6-4-2)43(45)53-36-35-50-34-33-49-32-31-48-30-29-47-28-27-46-26-23-44/h37-39,44H,3-36H2,1-2H3. The van der Waals surface area contributed by atoms with E-state index in [1.807, 2.05) is 6.07 Å². The van der Waals surface area contributed by atoms with E-state index in [1.54, 1.807) is 12.1 Å². The van der Waals surface area contributed by atoms with Crippen LogP contribution < -0.4 is 9.47 Å². The molecule has 0 heterocycles. The molecule has 0 aliphatic rings. The van der Waals surface area contributed by atoms with Crippen molar-refractivity contribution >= 4 is 5.97 Å². The Morgan fingerprint density at radius 1 is 0.415 bits per heavy atom. The number of carbonyl (C=O) groups is 1. The Morgan fingerprint density at radius 2 is 0.736 bits per heavy atom. The van der Waals surface area contributed by atoms with Gasteiger partial charge in [-0.2, -0.15) is 0 Å². The fraction of sp³-hybridized carbons (Fsp3) is 0.837. The fourth-order valence-electron chi connectivity index (χ4n) is 5.74. The second kappa shape index (κ2) is 39.7. The number of unbranched alkanes of at least 4 members (excludes halogenated alkanes) is 18. The number of hydrogen-bond acceptors (Lipinski definition) is 10. The fourth-order valence-corrected chi connectivity index (χ4v) is 5.74. The van der Waals surface area contributed by atoms with Gasteiger partial charge in [0.1, 0.15) is 18.1 Å². The summed E-state index contributed by atoms with van der Waals surface area (Å²) in [6, 6.07) is 5.40. The third-order valence-corrected chi connectivity index (χ3v) is 8.83. The van der Waals surface area contributed by atoms with Crippen molar-refractivity contribution in [2.45, 2.75) is 142 Å². The van der Waals surface area contributed by atoms with E-state index in [0.29, 0.717) is 89.7 Å². The summed E-state index contributed by atoms with van der Waals surface area (Å²) < 4.78 is 44.8. The van der Waals surface area contributed by atoms with Gasteiger partial charge in [-0.15, -0.1) is 0 Å². The lowest BCUT2D eigenvalue weighted by atomic mass is 10.1. The highest BCUT2D eigenvalue weighted by molar-refractivity contribution is 5.90. The van der Waals surface area contributed by atoms with Crippen molar-refractivity contribution in [3.63, 3.8) is 0 Å². The van der Waals surface area contributed by atoms with E-state index in [4.69, 9.17) is 43.0 Å². The summed E-state index contributed by atoms with van der Waals surface area (Å²) in [4.78, 5) is 13.0. The number of ether oxygens (including phenoxy) is 8. The first-order valence-corrected chi connectivity index (χ1v) is 21.3. The number of benzene rings is 1. The van der Waals surface area contributed by atoms with E-state index in [-0.39, 0.29) is 19.8 Å². The van der Waals surface area contributed by atoms with Crippen LogP contribution in [0.15, 0.2) is 18.2 Å². The van der Waals surface area contributed by atoms with Gasteiger partial charge >= 0.3 is 5.97 Å². The Hall–Kier alpha value is -1.95. The summed E-state index contributed by atoms with van der Waals surface area (Å²) in [7, 11) is 0. The number of esters is 1. The first kappa shape index (κ1) is 49.1. The van der Waals surface area contributed by atoms with E-state index < -0.39 is 5.97 Å². The molecule has 0 aliphatic carbocycles. The molecule has 0 unspecified atom stereocenters. The predicted octanol–water partition coefficient (Wildman–Crippen LogP) is 9.52. The number of aliphatic hydroxyl groups is 1. The van der Waals surface area contributed by atoms with Crippen LogP contribution in [0, 0.1) is 0 Å². The number of carbonyl (C=O) groups excluding carboxylic acids is 1. The van der Waals surface area contributed by atoms with Crippen LogP contribution in [0.4, 0.5) is 0 Å². The quantitative estimate of drug-likeness (QED) is 0.0512. The van der Waals surface area contributed by atoms with E-state index in [2.05, 4.69) is 13.8 Å². The number of aliphatic hydroxyl groups excluding tert-OH is 1. The van der Waals surface area contributed by atoms with Gasteiger partial charge in [-0.3, -0.25) is 0 Å². The van der Waals surface area contributed by atoms with Crippen LogP contribution in [0.2, 0.25) is 0 Å². The highest BCUT2D eigenvalue weighted by Gasteiger charge is 2.12. The SMILES string of the molecule is CCCCCCCCCCCCOc1cc(OCCCCCCCCCCCC)cc(C(=O)OCCOCCOCCOCCOCCOCCO)c1. The van der Waals surface area contributed by atoms with Crippen molar-refractivity contribution in [2.75, 3.05) is 92.5 Å². The highest BCUT2D eigenvalue weighted by Crippen LogP contribution is 2.25. The molecule has 1 aromatic rings. The van der Waals surface area contributed by atoms with Gasteiger partial charge in [-0.1, -0.05) is 129 Å². The maximum absolute atomic E-state index is 13.0. The minimum absolute atomic E-state index is 0.0167. The van der Waals surface area contributed by atoms with Crippen molar-refractivity contribution in [1.82, 2.24) is 0 Å². The van der Waals surface area contributed by atoms with Gasteiger partial charge in [-0.25, -0.2) is 4.79 Å². The lowest BCUT2D eigenvalue weighted by molar-refractivity contribution is -0.0167. The summed E-state index contributed by atoms with van der Waals surface area (Å²) in [5.74, 6) is 0.862. The molecule has 0 amide bonds. The zero-order chi connectivity index (χ0) is 38.1. The van der Waals surface area contributed by atoms with Crippen LogP contribution in [0.25, 0.3) is 0 Å². The molecule has 0 bridgehead atoms. The monoisotopic (exact) mass is 755 g/mol. The molecule has 1 rings (SSSR count). The maximum Gasteiger partial charge on any atom is 0.338 e. The molecule has 53 heavy (non-hydrogen) atoms. The van der Waals surface area contributed by atoms with E-state index in [0.717, 1.165) is 25.7 Å². The molecule has 1 N–H and O–H groups in total. The topological polar surface area (TPSA) is 111 Å². The molecular formula is C43H78O10. The number of hydrogen-bond donors (Lipinski definition) is 1. The first-order valence-electron chi connectivity index (χ1n) is 21.3. The van der Waals surface area contributed by atoms with Gasteiger partial charge in [0.15, 0.2) is 0 Å². The minimum Gasteiger partial charge on any atom is -0.493 e. The van der Waals surface area contributed by atoms with Gasteiger partial charge in [0, 0.05) is 6.07 Å². The Bertz CT molecular complexity index is 871. The predicted molar refractivity (Wildman–Crippen MR) is 213 cm³/mol. The molecule has 0 fully saturated rings. The van der Waals surface area contributed by atoms with Crippen molar-refractivity contribution in [1.29, 1.82) is 0 Å². The van der Waals surface area contributed by atoms with E-state index in [1.165, 1.54) is 103 Å². The van der Waals surface area contributed by atoms with Crippen molar-refractivity contribution in [2.24, 2.45) is 0 Å². The summed E-state index contributed by atoms with van der Waals surface area (Å²) in [5, 5.41) is 8.65. The summed E-state index contributed by atoms with van der Waals surface area (Å²) in [6.07, 6.45) is 25.4. The van der Waals surface area contributed by atoms with Crippen molar-refractivity contribution < 1.29 is 47.8 Å². The third-order valence-electron chi connectivity index (χ3n) is 8.83. The molecule has 0 saturated heterocycles. The zero-order valence-electron chi connectivity index (χ0n) is 33.9. The molecule has 0 aliphatic heterocycles. The van der Waals surface area contributed by atoms with Crippen LogP contribution in [0.5, 0.6) is 11.5 Å². The van der Waals surface area contributed by atoms with E-state index >= 15 is 0 Å². The molecule has 310 valence electrons. The Kier molecular flexibility index (Phi) is 36.8. The second-order valence-electron chi connectivity index (χ2n) is 13.7. The van der Waals surface area contributed by atoms with Crippen molar-refractivity contribution in [3.8, 4) is 11.5 Å². The smallest absolute Gasteiger partial charge is 0.338 e. The molecule has 0 saturated carbocycles. The van der Waals surface area contributed by atoms with Crippen LogP contribution in [-0.4, -0.2) is 104 Å². The van der Waals surface area contributed by atoms with Gasteiger partial charge in [0.25, 0.3) is 0 Å². The molecule has 0 radical (unpaired) electrons. The average molecular weight is 755 g/mol. The van der Waals surface area contributed by atoms with Crippen molar-refractivity contribution in [3.05, 3.63) is 23.8 Å². The summed E-state index contributed by atoms with van der Waals surface area (Å²) >= 11 is 0. The lowest BCUT2D eigenvalue weighted by Gasteiger charge is -2.13. The van der Waals surface area contributed by atoms with Gasteiger partial charge in [0.05, 0.1) is 91.5 Å². The van der Waals surface area contributed by atoms with Crippen LogP contribution in [0.1, 0.15) is 153 Å². The molecular weight excluding hydrogens is 676 g/mol. The molecule has 0 spiro atoms. The molecule has 10 nitrogen and oxygen atoms in total. The number of rotatable bonds is 42. The summed E-state index contributed by atoms with van der Waals surface area (Å²) in [6.45, 7) is 10.2.